The number of hydrogen-bond donors (Lipinski definition) is 0. The Morgan fingerprint density at radius 3 is 2.78 bits per heavy atom. The largest absolute Gasteiger partial charge is 0.486 e. The molecule has 5 heteroatoms. The Morgan fingerprint density at radius 1 is 1.07 bits per heavy atom. The Hall–Kier alpha value is -2.56. The van der Waals surface area contributed by atoms with Crippen LogP contribution in [0, 0.1) is 0 Å². The van der Waals surface area contributed by atoms with Crippen LogP contribution >= 0.6 is 11.6 Å². The van der Waals surface area contributed by atoms with E-state index in [1.807, 2.05) is 36.4 Å². The Balaban J connectivity index is 1.72. The van der Waals surface area contributed by atoms with E-state index in [-0.39, 0.29) is 11.7 Å². The maximum atomic E-state index is 12.2. The molecule has 1 aliphatic heterocycles. The third-order valence-corrected chi connectivity index (χ3v) is 5.10. The fourth-order valence-electron chi connectivity index (χ4n) is 3.52. The van der Waals surface area contributed by atoms with Crippen LogP contribution in [-0.2, 0) is 6.54 Å². The Morgan fingerprint density at radius 2 is 1.96 bits per heavy atom. The molecule has 2 heterocycles. The lowest BCUT2D eigenvalue weighted by atomic mass is 10.0. The zero-order valence-electron chi connectivity index (χ0n) is 15.1. The van der Waals surface area contributed by atoms with E-state index in [9.17, 15) is 4.79 Å². The quantitative estimate of drug-likeness (QED) is 0.673. The highest BCUT2D eigenvalue weighted by Crippen LogP contribution is 2.32. The van der Waals surface area contributed by atoms with E-state index >= 15 is 0 Å². The summed E-state index contributed by atoms with van der Waals surface area (Å²) in [5.74, 6) is 0.770. The highest BCUT2D eigenvalue weighted by molar-refractivity contribution is 6.30. The zero-order chi connectivity index (χ0) is 18.8. The Kier molecular flexibility index (Phi) is 5.01. The molecule has 1 unspecified atom stereocenters. The Bertz CT molecular complexity index is 1010. The minimum atomic E-state index is -0.0510. The summed E-state index contributed by atoms with van der Waals surface area (Å²) < 4.78 is 7.95. The smallest absolute Gasteiger partial charge is 0.255 e. The zero-order valence-corrected chi connectivity index (χ0v) is 15.9. The van der Waals surface area contributed by atoms with Gasteiger partial charge in [-0.1, -0.05) is 29.8 Å². The van der Waals surface area contributed by atoms with Crippen molar-refractivity contribution in [2.75, 3.05) is 13.6 Å². The third-order valence-electron chi connectivity index (χ3n) is 4.86. The molecular formula is C22H21ClN2O2. The highest BCUT2D eigenvalue weighted by Gasteiger charge is 2.23. The molecule has 0 bridgehead atoms. The molecule has 138 valence electrons. The minimum Gasteiger partial charge on any atom is -0.486 e. The summed E-state index contributed by atoms with van der Waals surface area (Å²) in [4.78, 5) is 14.4. The first kappa shape index (κ1) is 17.8. The van der Waals surface area contributed by atoms with Gasteiger partial charge in [0.05, 0.1) is 0 Å². The first-order valence-corrected chi connectivity index (χ1v) is 9.39. The van der Waals surface area contributed by atoms with Crippen molar-refractivity contribution in [3.05, 3.63) is 93.4 Å². The van der Waals surface area contributed by atoms with Gasteiger partial charge in [-0.25, -0.2) is 0 Å². The molecule has 1 aromatic heterocycles. The second-order valence-corrected chi connectivity index (χ2v) is 7.32. The second kappa shape index (κ2) is 7.59. The van der Waals surface area contributed by atoms with Gasteiger partial charge in [0.2, 0.25) is 0 Å². The third kappa shape index (κ3) is 3.92. The summed E-state index contributed by atoms with van der Waals surface area (Å²) in [5.41, 5.74) is 3.17. The van der Waals surface area contributed by atoms with Crippen molar-refractivity contribution in [3.63, 3.8) is 0 Å². The van der Waals surface area contributed by atoms with Crippen molar-refractivity contribution in [2.45, 2.75) is 19.1 Å². The average molecular weight is 381 g/mol. The van der Waals surface area contributed by atoms with Gasteiger partial charge in [-0.05, 0) is 54.6 Å². The van der Waals surface area contributed by atoms with Crippen molar-refractivity contribution in [1.29, 1.82) is 0 Å². The number of halogens is 1. The summed E-state index contributed by atoms with van der Waals surface area (Å²) in [7, 11) is 2.10. The summed E-state index contributed by atoms with van der Waals surface area (Å²) >= 11 is 6.10. The molecule has 0 saturated carbocycles. The number of pyridine rings is 1. The van der Waals surface area contributed by atoms with Crippen molar-refractivity contribution < 1.29 is 4.74 Å². The molecule has 0 saturated heterocycles. The summed E-state index contributed by atoms with van der Waals surface area (Å²) in [5, 5.41) is 0.664. The standard InChI is InChI=1S/C22H21ClN2O2/c1-24-12-10-21(27-19-6-4-5-17(23)14-19)20-9-8-18(13-16(20)15-24)25-11-3-2-7-22(25)26/h2-9,11,13-14,21H,10,12,15H2,1H3. The number of rotatable bonds is 3. The molecule has 0 N–H and O–H groups in total. The summed E-state index contributed by atoms with van der Waals surface area (Å²) in [6, 6.07) is 18.9. The monoisotopic (exact) mass is 380 g/mol. The van der Waals surface area contributed by atoms with Crippen LogP contribution in [0.4, 0.5) is 0 Å². The van der Waals surface area contributed by atoms with E-state index in [0.29, 0.717) is 5.02 Å². The van der Waals surface area contributed by atoms with Gasteiger partial charge in [0.25, 0.3) is 5.56 Å². The summed E-state index contributed by atoms with van der Waals surface area (Å²) in [6.45, 7) is 1.75. The van der Waals surface area contributed by atoms with Crippen molar-refractivity contribution in [3.8, 4) is 11.4 Å². The van der Waals surface area contributed by atoms with Gasteiger partial charge in [-0.3, -0.25) is 9.36 Å². The van der Waals surface area contributed by atoms with E-state index in [0.717, 1.165) is 36.5 Å². The number of hydrogen-bond acceptors (Lipinski definition) is 3. The van der Waals surface area contributed by atoms with Gasteiger partial charge in [0.1, 0.15) is 11.9 Å². The lowest BCUT2D eigenvalue weighted by molar-refractivity contribution is 0.182. The Labute approximate surface area is 163 Å². The number of aromatic nitrogens is 1. The molecule has 2 aromatic carbocycles. The molecule has 0 aliphatic carbocycles. The maximum Gasteiger partial charge on any atom is 0.255 e. The fraction of sp³-hybridized carbons (Fsp3) is 0.227. The van der Waals surface area contributed by atoms with Gasteiger partial charge in [0, 0.05) is 42.5 Å². The predicted octanol–water partition coefficient (Wildman–Crippen LogP) is 4.45. The lowest BCUT2D eigenvalue weighted by Crippen LogP contribution is -2.18. The predicted molar refractivity (Wildman–Crippen MR) is 108 cm³/mol. The van der Waals surface area contributed by atoms with E-state index in [4.69, 9.17) is 16.3 Å². The normalized spacial score (nSPS) is 17.2. The van der Waals surface area contributed by atoms with Crippen molar-refractivity contribution in [1.82, 2.24) is 9.47 Å². The number of benzene rings is 2. The number of ether oxygens (including phenoxy) is 1. The highest BCUT2D eigenvalue weighted by atomic mass is 35.5. The van der Waals surface area contributed by atoms with Gasteiger partial charge in [-0.15, -0.1) is 0 Å². The summed E-state index contributed by atoms with van der Waals surface area (Å²) in [6.07, 6.45) is 2.63. The van der Waals surface area contributed by atoms with Crippen LogP contribution in [0.25, 0.3) is 5.69 Å². The van der Waals surface area contributed by atoms with Gasteiger partial charge in [-0.2, -0.15) is 0 Å². The average Bonchev–Trinajstić information content (AvgIpc) is 2.80. The molecule has 1 aliphatic rings. The molecule has 1 atom stereocenters. The van der Waals surface area contributed by atoms with Gasteiger partial charge in [0.15, 0.2) is 0 Å². The molecule has 3 aromatic rings. The topological polar surface area (TPSA) is 34.5 Å². The van der Waals surface area contributed by atoms with Gasteiger partial charge < -0.3 is 9.64 Å². The van der Waals surface area contributed by atoms with E-state index < -0.39 is 0 Å². The van der Waals surface area contributed by atoms with Crippen LogP contribution in [0.3, 0.4) is 0 Å². The maximum absolute atomic E-state index is 12.2. The van der Waals surface area contributed by atoms with Crippen LogP contribution in [0.5, 0.6) is 5.75 Å². The number of fused-ring (bicyclic) bond motifs is 1. The van der Waals surface area contributed by atoms with Crippen LogP contribution in [0.2, 0.25) is 5.02 Å². The van der Waals surface area contributed by atoms with E-state index in [2.05, 4.69) is 24.1 Å². The first-order chi connectivity index (χ1) is 13.1. The van der Waals surface area contributed by atoms with Crippen LogP contribution in [-0.4, -0.2) is 23.1 Å². The second-order valence-electron chi connectivity index (χ2n) is 6.88. The fourth-order valence-corrected chi connectivity index (χ4v) is 3.70. The van der Waals surface area contributed by atoms with Gasteiger partial charge >= 0.3 is 0 Å². The van der Waals surface area contributed by atoms with Crippen LogP contribution < -0.4 is 10.3 Å². The minimum absolute atomic E-state index is 0.0360. The van der Waals surface area contributed by atoms with Crippen molar-refractivity contribution >= 4 is 11.6 Å². The van der Waals surface area contributed by atoms with E-state index in [1.54, 1.807) is 22.9 Å². The lowest BCUT2D eigenvalue weighted by Gasteiger charge is -2.20. The molecule has 4 nitrogen and oxygen atoms in total. The van der Waals surface area contributed by atoms with E-state index in [1.165, 1.54) is 5.56 Å². The first-order valence-electron chi connectivity index (χ1n) is 9.02. The molecule has 0 radical (unpaired) electrons. The molecule has 0 spiro atoms. The molecular weight excluding hydrogens is 360 g/mol. The molecule has 27 heavy (non-hydrogen) atoms. The molecule has 0 fully saturated rings. The van der Waals surface area contributed by atoms with Crippen LogP contribution in [0.15, 0.2) is 71.7 Å². The van der Waals surface area contributed by atoms with Crippen molar-refractivity contribution in [2.24, 2.45) is 0 Å². The molecule has 4 rings (SSSR count). The molecule has 0 amide bonds. The number of nitrogens with zero attached hydrogens (tertiary/aromatic N) is 2. The SMILES string of the molecule is CN1CCC(Oc2cccc(Cl)c2)c2ccc(-n3ccccc3=O)cc2C1. The van der Waals surface area contributed by atoms with Crippen LogP contribution in [0.1, 0.15) is 23.7 Å².